The summed E-state index contributed by atoms with van der Waals surface area (Å²) in [5.74, 6) is -1.48. The van der Waals surface area contributed by atoms with Crippen LogP contribution in [0.2, 0.25) is 0 Å². The van der Waals surface area contributed by atoms with Gasteiger partial charge in [0, 0.05) is 0 Å². The van der Waals surface area contributed by atoms with Gasteiger partial charge in [0.1, 0.15) is 16.7 Å². The summed E-state index contributed by atoms with van der Waals surface area (Å²) in [6.07, 6.45) is 24.6. The molecule has 0 N–H and O–H groups in total. The Morgan fingerprint density at radius 3 is 1.36 bits per heavy atom. The summed E-state index contributed by atoms with van der Waals surface area (Å²) in [6.45, 7) is 3.52. The van der Waals surface area contributed by atoms with Gasteiger partial charge in [0.25, 0.3) is 0 Å². The van der Waals surface area contributed by atoms with Crippen molar-refractivity contribution in [3.05, 3.63) is 35.4 Å². The maximum Gasteiger partial charge on any atom is 1.00 e. The van der Waals surface area contributed by atoms with E-state index in [4.69, 9.17) is 9.47 Å². The number of carbonyl (C=O) groups excluding carboxylic acids is 2. The molecule has 0 saturated carbocycles. The Hall–Kier alpha value is -0.930. The molecule has 42 heavy (non-hydrogen) atoms. The summed E-state index contributed by atoms with van der Waals surface area (Å²) >= 11 is 0. The second-order valence-corrected chi connectivity index (χ2v) is 12.8. The smallest absolute Gasteiger partial charge is 0.748 e. The Bertz CT molecular complexity index is 936. The second-order valence-electron chi connectivity index (χ2n) is 11.2. The molecule has 0 saturated heterocycles. The van der Waals surface area contributed by atoms with E-state index in [9.17, 15) is 22.6 Å². The number of hydrogen-bond acceptors (Lipinski definition) is 7. The summed E-state index contributed by atoms with van der Waals surface area (Å²) in [4.78, 5) is 25.0. The molecule has 1 rings (SSSR count). The molecule has 0 bridgehead atoms. The van der Waals surface area contributed by atoms with Crippen molar-refractivity contribution in [2.45, 2.75) is 148 Å². The van der Waals surface area contributed by atoms with Crippen LogP contribution < -0.4 is 29.6 Å². The minimum atomic E-state index is -4.57. The van der Waals surface area contributed by atoms with Crippen molar-refractivity contribution >= 4 is 22.1 Å². The summed E-state index contributed by atoms with van der Waals surface area (Å²) in [5.41, 5.74) is 0.0529. The van der Waals surface area contributed by atoms with E-state index in [0.29, 0.717) is 0 Å². The van der Waals surface area contributed by atoms with Crippen molar-refractivity contribution in [3.8, 4) is 0 Å². The normalized spacial score (nSPS) is 12.0. The number of hydrogen-bond donors (Lipinski definition) is 0. The van der Waals surface area contributed by atoms with Gasteiger partial charge in [0.15, 0.2) is 0 Å². The fraction of sp³-hybridized carbons (Fsp3) is 0.758. The number of esters is 2. The molecule has 0 aliphatic rings. The Morgan fingerprint density at radius 2 is 1.00 bits per heavy atom. The molecule has 236 valence electrons. The van der Waals surface area contributed by atoms with E-state index < -0.39 is 33.9 Å². The van der Waals surface area contributed by atoms with Crippen LogP contribution in [0.1, 0.15) is 163 Å². The first kappa shape index (κ1) is 41.1. The zero-order valence-corrected chi connectivity index (χ0v) is 29.5. The van der Waals surface area contributed by atoms with E-state index in [1.54, 1.807) is 12.1 Å². The Kier molecular flexibility index (Phi) is 25.9. The summed E-state index contributed by atoms with van der Waals surface area (Å²) in [5, 5.41) is -1.32. The summed E-state index contributed by atoms with van der Waals surface area (Å²) in [6, 6.07) is 6.08. The first-order chi connectivity index (χ1) is 19.8. The molecule has 0 radical (unpaired) electrons. The monoisotopic (exact) mass is 618 g/mol. The first-order valence-corrected chi connectivity index (χ1v) is 17.7. The molecule has 7 nitrogen and oxygen atoms in total. The Labute approximate surface area is 278 Å². The van der Waals surface area contributed by atoms with Crippen molar-refractivity contribution < 1.29 is 61.6 Å². The fourth-order valence-corrected chi connectivity index (χ4v) is 5.56. The molecule has 1 aromatic carbocycles. The molecule has 0 aliphatic carbocycles. The third-order valence-corrected chi connectivity index (χ3v) is 8.90. The predicted octanol–water partition coefficient (Wildman–Crippen LogP) is 5.76. The van der Waals surface area contributed by atoms with Gasteiger partial charge in [0.05, 0.1) is 23.0 Å². The topological polar surface area (TPSA) is 110 Å². The van der Waals surface area contributed by atoms with Gasteiger partial charge in [-0.1, -0.05) is 142 Å². The third-order valence-electron chi connectivity index (χ3n) is 7.61. The van der Waals surface area contributed by atoms with Crippen molar-refractivity contribution in [2.75, 3.05) is 13.2 Å². The quantitative estimate of drug-likeness (QED) is 0.0562. The van der Waals surface area contributed by atoms with Gasteiger partial charge in [-0.3, -0.25) is 0 Å². The maximum atomic E-state index is 12.5. The van der Waals surface area contributed by atoms with Crippen LogP contribution in [0.3, 0.4) is 0 Å². The van der Waals surface area contributed by atoms with Gasteiger partial charge in [-0.2, -0.15) is 0 Å². The number of benzene rings is 1. The number of rotatable bonds is 26. The predicted molar refractivity (Wildman–Crippen MR) is 164 cm³/mol. The van der Waals surface area contributed by atoms with E-state index >= 15 is 0 Å². The van der Waals surface area contributed by atoms with E-state index in [2.05, 4.69) is 6.92 Å². The third kappa shape index (κ3) is 20.1. The molecule has 0 aromatic heterocycles. The van der Waals surface area contributed by atoms with Gasteiger partial charge in [-0.05, 0) is 25.0 Å². The standard InChI is InChI=1S/C33H56O7S.Na/c1-3-5-6-7-8-9-10-11-12-13-14-15-16-17-18-19-20-21-24-27-39-32(34)30-25-22-23-26-31(30)33(35)40-28-29(4-2)41(36,37)38;/h22-23,25-26,29H,3-21,24,27-28H2,1-2H3,(H,36,37,38);/q;+1/p-1. The molecular formula is C33H55NaO7S. The number of ether oxygens (including phenoxy) is 2. The zero-order chi connectivity index (χ0) is 30.2. The summed E-state index contributed by atoms with van der Waals surface area (Å²) in [7, 11) is -4.57. The molecule has 1 aromatic rings. The molecule has 1 atom stereocenters. The molecule has 0 amide bonds. The molecule has 0 heterocycles. The fourth-order valence-electron chi connectivity index (χ4n) is 4.91. The maximum absolute atomic E-state index is 12.5. The minimum absolute atomic E-state index is 0. The van der Waals surface area contributed by atoms with Gasteiger partial charge >= 0.3 is 41.5 Å². The second kappa shape index (κ2) is 26.5. The van der Waals surface area contributed by atoms with Gasteiger partial charge in [-0.25, -0.2) is 18.0 Å². The van der Waals surface area contributed by atoms with Crippen LogP contribution in [-0.2, 0) is 19.6 Å². The van der Waals surface area contributed by atoms with Crippen LogP contribution in [0, 0.1) is 0 Å². The molecular weight excluding hydrogens is 563 g/mol. The largest absolute Gasteiger partial charge is 1.00 e. The van der Waals surface area contributed by atoms with Gasteiger partial charge in [0.2, 0.25) is 0 Å². The average molecular weight is 619 g/mol. The number of unbranched alkanes of at least 4 members (excludes halogenated alkanes) is 18. The minimum Gasteiger partial charge on any atom is -0.748 e. The van der Waals surface area contributed by atoms with Crippen molar-refractivity contribution in [1.29, 1.82) is 0 Å². The Morgan fingerprint density at radius 1 is 0.643 bits per heavy atom. The molecule has 0 spiro atoms. The SMILES string of the molecule is CCCCCCCCCCCCCCCCCCCCCOC(=O)c1ccccc1C(=O)OCC(CC)S(=O)(=O)[O-].[Na+]. The first-order valence-electron chi connectivity index (χ1n) is 16.2. The van der Waals surface area contributed by atoms with Crippen LogP contribution in [0.15, 0.2) is 24.3 Å². The van der Waals surface area contributed by atoms with Crippen molar-refractivity contribution in [3.63, 3.8) is 0 Å². The molecule has 0 fully saturated rings. The van der Waals surface area contributed by atoms with Crippen LogP contribution in [0.25, 0.3) is 0 Å². The number of carbonyl (C=O) groups is 2. The van der Waals surface area contributed by atoms with Crippen LogP contribution >= 0.6 is 0 Å². The van der Waals surface area contributed by atoms with E-state index in [0.717, 1.165) is 19.3 Å². The van der Waals surface area contributed by atoms with Crippen LogP contribution in [-0.4, -0.2) is 43.4 Å². The van der Waals surface area contributed by atoms with Crippen molar-refractivity contribution in [1.82, 2.24) is 0 Å². The van der Waals surface area contributed by atoms with Gasteiger partial charge in [-0.15, -0.1) is 0 Å². The van der Waals surface area contributed by atoms with Crippen LogP contribution in [0.5, 0.6) is 0 Å². The van der Waals surface area contributed by atoms with E-state index in [1.807, 2.05) is 0 Å². The van der Waals surface area contributed by atoms with Crippen molar-refractivity contribution in [2.24, 2.45) is 0 Å². The molecule has 9 heteroatoms. The molecule has 1 unspecified atom stereocenters. The Balaban J connectivity index is 0.0000168. The van der Waals surface area contributed by atoms with E-state index in [1.165, 1.54) is 122 Å². The molecule has 0 aliphatic heterocycles. The summed E-state index contributed by atoms with van der Waals surface area (Å²) < 4.78 is 44.0. The zero-order valence-electron chi connectivity index (χ0n) is 26.7. The average Bonchev–Trinajstić information content (AvgIpc) is 2.95. The van der Waals surface area contributed by atoms with Crippen LogP contribution in [0.4, 0.5) is 0 Å². The van der Waals surface area contributed by atoms with Gasteiger partial charge < -0.3 is 14.0 Å². The van der Waals surface area contributed by atoms with E-state index in [-0.39, 0.29) is 53.7 Å².